The highest BCUT2D eigenvalue weighted by molar-refractivity contribution is 7.10. The first-order valence-electron chi connectivity index (χ1n) is 9.64. The normalized spacial score (nSPS) is 21.8. The minimum atomic E-state index is 0.0995. The first kappa shape index (κ1) is 16.2. The first-order chi connectivity index (χ1) is 12.7. The zero-order valence-corrected chi connectivity index (χ0v) is 16.0. The van der Waals surface area contributed by atoms with Gasteiger partial charge in [0.05, 0.1) is 5.92 Å². The van der Waals surface area contributed by atoms with E-state index in [0.717, 1.165) is 63.5 Å². The van der Waals surface area contributed by atoms with Crippen LogP contribution in [0.2, 0.25) is 0 Å². The number of aromatic nitrogens is 2. The Morgan fingerprint density at radius 1 is 1.23 bits per heavy atom. The molecule has 5 nitrogen and oxygen atoms in total. The van der Waals surface area contributed by atoms with Crippen molar-refractivity contribution in [2.24, 2.45) is 5.92 Å². The summed E-state index contributed by atoms with van der Waals surface area (Å²) in [5.74, 6) is 2.38. The molecule has 4 heterocycles. The van der Waals surface area contributed by atoms with E-state index in [0.29, 0.717) is 5.91 Å². The molecular weight excluding hydrogens is 344 g/mol. The molecule has 2 aromatic heterocycles. The van der Waals surface area contributed by atoms with Gasteiger partial charge in [-0.15, -0.1) is 11.3 Å². The highest BCUT2D eigenvalue weighted by atomic mass is 32.1. The summed E-state index contributed by atoms with van der Waals surface area (Å²) >= 11 is 1.82. The molecule has 3 aliphatic rings. The zero-order chi connectivity index (χ0) is 17.7. The van der Waals surface area contributed by atoms with Gasteiger partial charge in [-0.25, -0.2) is 9.97 Å². The molecule has 0 radical (unpaired) electrons. The quantitative estimate of drug-likeness (QED) is 0.818. The SMILES string of the molecule is Cc1nc2c(c(N3CCC(C(=O)N4CCc5sccc5C4)C3)n1)CCC2. The fourth-order valence-electron chi connectivity index (χ4n) is 4.64. The predicted octanol–water partition coefficient (Wildman–Crippen LogP) is 2.75. The maximum absolute atomic E-state index is 13.1. The first-order valence-corrected chi connectivity index (χ1v) is 10.5. The average Bonchev–Trinajstić information content (AvgIpc) is 3.38. The lowest BCUT2D eigenvalue weighted by molar-refractivity contribution is -0.135. The topological polar surface area (TPSA) is 49.3 Å². The molecule has 0 aromatic carbocycles. The molecule has 26 heavy (non-hydrogen) atoms. The number of aryl methyl sites for hydroxylation is 2. The van der Waals surface area contributed by atoms with Gasteiger partial charge >= 0.3 is 0 Å². The molecule has 0 saturated carbocycles. The van der Waals surface area contributed by atoms with E-state index in [1.807, 2.05) is 18.3 Å². The van der Waals surface area contributed by atoms with Crippen molar-refractivity contribution in [2.45, 2.75) is 45.6 Å². The van der Waals surface area contributed by atoms with E-state index in [1.165, 1.54) is 28.1 Å². The Hall–Kier alpha value is -1.95. The van der Waals surface area contributed by atoms with Crippen LogP contribution in [0.15, 0.2) is 11.4 Å². The summed E-state index contributed by atoms with van der Waals surface area (Å²) in [5, 5.41) is 2.15. The third kappa shape index (κ3) is 2.71. The lowest BCUT2D eigenvalue weighted by Crippen LogP contribution is -2.40. The van der Waals surface area contributed by atoms with Crippen LogP contribution < -0.4 is 4.90 Å². The van der Waals surface area contributed by atoms with E-state index in [-0.39, 0.29) is 5.92 Å². The van der Waals surface area contributed by atoms with Crippen LogP contribution in [0.3, 0.4) is 0 Å². The smallest absolute Gasteiger partial charge is 0.227 e. The van der Waals surface area contributed by atoms with Gasteiger partial charge in [-0.2, -0.15) is 0 Å². The Balaban J connectivity index is 1.32. The van der Waals surface area contributed by atoms with Crippen molar-refractivity contribution in [1.82, 2.24) is 14.9 Å². The number of hydrogen-bond donors (Lipinski definition) is 0. The van der Waals surface area contributed by atoms with Gasteiger partial charge in [0.15, 0.2) is 0 Å². The Labute approximate surface area is 158 Å². The fourth-order valence-corrected chi connectivity index (χ4v) is 5.53. The van der Waals surface area contributed by atoms with Crippen molar-refractivity contribution in [1.29, 1.82) is 0 Å². The summed E-state index contributed by atoms with van der Waals surface area (Å²) in [6.07, 6.45) is 5.26. The molecule has 136 valence electrons. The Morgan fingerprint density at radius 3 is 3.08 bits per heavy atom. The van der Waals surface area contributed by atoms with Crippen LogP contribution in [0, 0.1) is 12.8 Å². The lowest BCUT2D eigenvalue weighted by Gasteiger charge is -2.29. The summed E-state index contributed by atoms with van der Waals surface area (Å²) in [5.41, 5.74) is 3.89. The van der Waals surface area contributed by atoms with Crippen LogP contribution in [-0.2, 0) is 30.6 Å². The summed E-state index contributed by atoms with van der Waals surface area (Å²) in [6.45, 7) is 5.36. The summed E-state index contributed by atoms with van der Waals surface area (Å²) in [4.78, 5) is 28.3. The van der Waals surface area contributed by atoms with Crippen LogP contribution in [0.25, 0.3) is 0 Å². The molecule has 2 aliphatic heterocycles. The molecule has 5 rings (SSSR count). The molecular formula is C20H24N4OS. The summed E-state index contributed by atoms with van der Waals surface area (Å²) in [6, 6.07) is 2.17. The molecule has 1 saturated heterocycles. The number of hydrogen-bond acceptors (Lipinski definition) is 5. The number of anilines is 1. The van der Waals surface area contributed by atoms with Crippen LogP contribution in [0.5, 0.6) is 0 Å². The van der Waals surface area contributed by atoms with Gasteiger partial charge in [0.1, 0.15) is 11.6 Å². The predicted molar refractivity (Wildman–Crippen MR) is 103 cm³/mol. The van der Waals surface area contributed by atoms with E-state index in [9.17, 15) is 4.79 Å². The number of nitrogens with zero attached hydrogens (tertiary/aromatic N) is 4. The van der Waals surface area contributed by atoms with Crippen molar-refractivity contribution in [3.8, 4) is 0 Å². The molecule has 1 fully saturated rings. The van der Waals surface area contributed by atoms with Crippen LogP contribution in [0.4, 0.5) is 5.82 Å². The second kappa shape index (κ2) is 6.34. The van der Waals surface area contributed by atoms with E-state index < -0.39 is 0 Å². The van der Waals surface area contributed by atoms with Crippen LogP contribution in [0.1, 0.15) is 40.4 Å². The number of amides is 1. The Bertz CT molecular complexity index is 861. The van der Waals surface area contributed by atoms with E-state index >= 15 is 0 Å². The van der Waals surface area contributed by atoms with Gasteiger partial charge in [0, 0.05) is 42.3 Å². The fraction of sp³-hybridized carbons (Fsp3) is 0.550. The Morgan fingerprint density at radius 2 is 2.15 bits per heavy atom. The molecule has 2 aromatic rings. The highest BCUT2D eigenvalue weighted by Gasteiger charge is 2.35. The monoisotopic (exact) mass is 368 g/mol. The number of carbonyl (C=O) groups is 1. The molecule has 0 spiro atoms. The zero-order valence-electron chi connectivity index (χ0n) is 15.2. The average molecular weight is 369 g/mol. The van der Waals surface area contributed by atoms with Gasteiger partial charge in [0.2, 0.25) is 5.91 Å². The Kier molecular flexibility index (Phi) is 3.96. The number of rotatable bonds is 2. The van der Waals surface area contributed by atoms with Gasteiger partial charge in [-0.05, 0) is 56.0 Å². The van der Waals surface area contributed by atoms with Crippen LogP contribution in [-0.4, -0.2) is 40.4 Å². The van der Waals surface area contributed by atoms with Crippen LogP contribution >= 0.6 is 11.3 Å². The third-order valence-corrected chi connectivity index (χ3v) is 7.00. The number of carbonyl (C=O) groups excluding carboxylic acids is 1. The molecule has 1 atom stereocenters. The van der Waals surface area contributed by atoms with E-state index in [4.69, 9.17) is 4.98 Å². The van der Waals surface area contributed by atoms with Crippen molar-refractivity contribution in [2.75, 3.05) is 24.5 Å². The van der Waals surface area contributed by atoms with Crippen molar-refractivity contribution >= 4 is 23.1 Å². The second-order valence-corrected chi connectivity index (χ2v) is 8.68. The molecule has 0 N–H and O–H groups in total. The van der Waals surface area contributed by atoms with E-state index in [1.54, 1.807) is 0 Å². The maximum atomic E-state index is 13.1. The third-order valence-electron chi connectivity index (χ3n) is 5.98. The molecule has 1 aliphatic carbocycles. The van der Waals surface area contributed by atoms with Crippen molar-refractivity contribution in [3.05, 3.63) is 39.0 Å². The standard InChI is InChI=1S/C20H24N4OS/c1-13-21-17-4-2-3-16(17)19(22-13)23-8-5-15(12-23)20(25)24-9-6-18-14(11-24)7-10-26-18/h7,10,15H,2-6,8-9,11-12H2,1H3. The van der Waals surface area contributed by atoms with Gasteiger partial charge in [-0.3, -0.25) is 4.79 Å². The van der Waals surface area contributed by atoms with Gasteiger partial charge in [0.25, 0.3) is 0 Å². The lowest BCUT2D eigenvalue weighted by atomic mass is 10.0. The molecule has 6 heteroatoms. The largest absolute Gasteiger partial charge is 0.355 e. The van der Waals surface area contributed by atoms with Gasteiger partial charge in [-0.1, -0.05) is 0 Å². The van der Waals surface area contributed by atoms with E-state index in [2.05, 4.69) is 26.2 Å². The number of thiophene rings is 1. The summed E-state index contributed by atoms with van der Waals surface area (Å²) < 4.78 is 0. The number of fused-ring (bicyclic) bond motifs is 2. The maximum Gasteiger partial charge on any atom is 0.227 e. The second-order valence-electron chi connectivity index (χ2n) is 7.68. The summed E-state index contributed by atoms with van der Waals surface area (Å²) in [7, 11) is 0. The highest BCUT2D eigenvalue weighted by Crippen LogP contribution is 2.33. The van der Waals surface area contributed by atoms with Crippen molar-refractivity contribution < 1.29 is 4.79 Å². The minimum Gasteiger partial charge on any atom is -0.355 e. The molecule has 1 unspecified atom stereocenters. The van der Waals surface area contributed by atoms with Crippen molar-refractivity contribution in [3.63, 3.8) is 0 Å². The van der Waals surface area contributed by atoms with Gasteiger partial charge < -0.3 is 9.80 Å². The minimum absolute atomic E-state index is 0.0995. The molecule has 1 amide bonds. The molecule has 0 bridgehead atoms.